The van der Waals surface area contributed by atoms with Crippen LogP contribution in [0.5, 0.6) is 0 Å². The fraction of sp³-hybridized carbons (Fsp3) is 0.300. The Bertz CT molecular complexity index is 697. The maximum absolute atomic E-state index is 12.2. The molecule has 0 amide bonds. The fourth-order valence-electron chi connectivity index (χ4n) is 2.89. The molecule has 0 N–H and O–H groups in total. The van der Waals surface area contributed by atoms with E-state index in [4.69, 9.17) is 9.78 Å². The Balaban J connectivity index is 2.14. The molecule has 4 nitrogen and oxygen atoms in total. The molecule has 0 bridgehead atoms. The van der Waals surface area contributed by atoms with Gasteiger partial charge in [-0.2, -0.15) is 0 Å². The van der Waals surface area contributed by atoms with Crippen LogP contribution in [0.2, 0.25) is 0 Å². The molecule has 2 rings (SSSR count). The summed E-state index contributed by atoms with van der Waals surface area (Å²) in [6, 6.07) is 10.8. The Morgan fingerprint density at radius 3 is 1.46 bits per heavy atom. The molecule has 0 radical (unpaired) electrons. The number of aryl methyl sites for hydroxylation is 2. The van der Waals surface area contributed by atoms with E-state index in [1.54, 1.807) is 24.3 Å². The summed E-state index contributed by atoms with van der Waals surface area (Å²) in [6.45, 7) is 7.79. The average molecular weight is 326 g/mol. The lowest BCUT2D eigenvalue weighted by Gasteiger charge is -2.11. The van der Waals surface area contributed by atoms with Crippen molar-refractivity contribution in [2.24, 2.45) is 0 Å². The molecule has 0 aliphatic heterocycles. The van der Waals surface area contributed by atoms with Gasteiger partial charge in [0.2, 0.25) is 0 Å². The van der Waals surface area contributed by atoms with Gasteiger partial charge in [0.05, 0.1) is 11.1 Å². The number of rotatable bonds is 4. The molecule has 0 aliphatic carbocycles. The zero-order chi connectivity index (χ0) is 17.7. The highest BCUT2D eigenvalue weighted by Crippen LogP contribution is 2.18. The molecule has 2 aromatic rings. The predicted octanol–water partition coefficient (Wildman–Crippen LogP) is 4.36. The van der Waals surface area contributed by atoms with Crippen LogP contribution < -0.4 is 0 Å². The average Bonchev–Trinajstić information content (AvgIpc) is 2.58. The third kappa shape index (κ3) is 3.65. The van der Waals surface area contributed by atoms with Gasteiger partial charge in [0.25, 0.3) is 0 Å². The van der Waals surface area contributed by atoms with E-state index in [9.17, 15) is 9.59 Å². The lowest BCUT2D eigenvalue weighted by atomic mass is 10.00. The maximum atomic E-state index is 12.2. The lowest BCUT2D eigenvalue weighted by Crippen LogP contribution is -2.15. The minimum Gasteiger partial charge on any atom is -0.241 e. The maximum Gasteiger partial charge on any atom is 0.386 e. The van der Waals surface area contributed by atoms with Gasteiger partial charge in [0.1, 0.15) is 0 Å². The van der Waals surface area contributed by atoms with E-state index in [-0.39, 0.29) is 0 Å². The molecule has 2 aromatic carbocycles. The van der Waals surface area contributed by atoms with Crippen LogP contribution in [0.15, 0.2) is 36.4 Å². The number of carbonyl (C=O) groups excluding carboxylic acids is 2. The first-order valence-corrected chi connectivity index (χ1v) is 8.09. The second kappa shape index (κ2) is 7.77. The minimum atomic E-state index is -0.658. The van der Waals surface area contributed by atoms with Crippen molar-refractivity contribution >= 4 is 11.9 Å². The van der Waals surface area contributed by atoms with Crippen molar-refractivity contribution in [1.82, 2.24) is 0 Å². The highest BCUT2D eigenvalue weighted by atomic mass is 17.2. The van der Waals surface area contributed by atoms with Gasteiger partial charge in [-0.3, -0.25) is 0 Å². The summed E-state index contributed by atoms with van der Waals surface area (Å²) in [5.41, 5.74) is 4.64. The van der Waals surface area contributed by atoms with Crippen LogP contribution in [0.3, 0.4) is 0 Å². The molecule has 0 fully saturated rings. The first kappa shape index (κ1) is 17.7. The number of hydrogen-bond acceptors (Lipinski definition) is 4. The minimum absolute atomic E-state index is 0.422. The van der Waals surface area contributed by atoms with Gasteiger partial charge in [0, 0.05) is 0 Å². The van der Waals surface area contributed by atoms with Gasteiger partial charge < -0.3 is 0 Å². The first-order chi connectivity index (χ1) is 11.5. The van der Waals surface area contributed by atoms with Crippen LogP contribution >= 0.6 is 0 Å². The fourth-order valence-corrected chi connectivity index (χ4v) is 2.89. The molecule has 126 valence electrons. The summed E-state index contributed by atoms with van der Waals surface area (Å²) in [6.07, 6.45) is 1.39. The van der Waals surface area contributed by atoms with Gasteiger partial charge in [-0.15, -0.1) is 0 Å². The Morgan fingerprint density at radius 2 is 1.12 bits per heavy atom. The molecule has 24 heavy (non-hydrogen) atoms. The molecule has 0 atom stereocenters. The van der Waals surface area contributed by atoms with E-state index in [2.05, 4.69) is 0 Å². The van der Waals surface area contributed by atoms with Gasteiger partial charge in [0.15, 0.2) is 0 Å². The van der Waals surface area contributed by atoms with E-state index in [0.29, 0.717) is 24.0 Å². The molecule has 4 heteroatoms. The first-order valence-electron chi connectivity index (χ1n) is 8.09. The lowest BCUT2D eigenvalue weighted by molar-refractivity contribution is -0.187. The molecule has 0 aliphatic rings. The number of hydrogen-bond donors (Lipinski definition) is 0. The normalized spacial score (nSPS) is 10.3. The SMILES string of the molecule is CCc1c(C)cccc1C(=O)OOC(=O)c1cccc(C)c1CC. The molecule has 0 spiro atoms. The van der Waals surface area contributed by atoms with E-state index in [0.717, 1.165) is 22.3 Å². The van der Waals surface area contributed by atoms with Crippen LogP contribution in [0.4, 0.5) is 0 Å². The van der Waals surface area contributed by atoms with Gasteiger partial charge in [-0.25, -0.2) is 19.4 Å². The highest BCUT2D eigenvalue weighted by molar-refractivity contribution is 5.94. The second-order valence-corrected chi connectivity index (χ2v) is 5.65. The smallest absolute Gasteiger partial charge is 0.241 e. The highest BCUT2D eigenvalue weighted by Gasteiger charge is 2.19. The van der Waals surface area contributed by atoms with E-state index >= 15 is 0 Å². The quantitative estimate of drug-likeness (QED) is 0.619. The third-order valence-corrected chi connectivity index (χ3v) is 4.16. The van der Waals surface area contributed by atoms with Crippen LogP contribution in [-0.2, 0) is 22.6 Å². The summed E-state index contributed by atoms with van der Waals surface area (Å²) in [5, 5.41) is 0. The largest absolute Gasteiger partial charge is 0.386 e. The van der Waals surface area contributed by atoms with E-state index in [1.807, 2.05) is 39.8 Å². The van der Waals surface area contributed by atoms with Gasteiger partial charge in [-0.1, -0.05) is 38.1 Å². The van der Waals surface area contributed by atoms with E-state index in [1.165, 1.54) is 0 Å². The molecule has 0 unspecified atom stereocenters. The number of carbonyl (C=O) groups is 2. The molecular formula is C20H22O4. The summed E-state index contributed by atoms with van der Waals surface area (Å²) < 4.78 is 0. The van der Waals surface area contributed by atoms with Gasteiger partial charge >= 0.3 is 11.9 Å². The summed E-state index contributed by atoms with van der Waals surface area (Å²) >= 11 is 0. The van der Waals surface area contributed by atoms with Crippen LogP contribution in [-0.4, -0.2) is 11.9 Å². The van der Waals surface area contributed by atoms with Gasteiger partial charge in [-0.05, 0) is 61.1 Å². The van der Waals surface area contributed by atoms with Crippen molar-refractivity contribution in [3.8, 4) is 0 Å². The number of benzene rings is 2. The Labute approximate surface area is 142 Å². The van der Waals surface area contributed by atoms with E-state index < -0.39 is 11.9 Å². The van der Waals surface area contributed by atoms with Crippen LogP contribution in [0, 0.1) is 13.8 Å². The zero-order valence-corrected chi connectivity index (χ0v) is 14.5. The van der Waals surface area contributed by atoms with Crippen molar-refractivity contribution in [1.29, 1.82) is 0 Å². The summed E-state index contributed by atoms with van der Waals surface area (Å²) in [4.78, 5) is 34.1. The van der Waals surface area contributed by atoms with Crippen LogP contribution in [0.1, 0.15) is 56.8 Å². The molecule has 0 heterocycles. The van der Waals surface area contributed by atoms with Crippen molar-refractivity contribution < 1.29 is 19.4 Å². The summed E-state index contributed by atoms with van der Waals surface area (Å²) in [7, 11) is 0. The Hall–Kier alpha value is -2.62. The van der Waals surface area contributed by atoms with Crippen molar-refractivity contribution in [2.45, 2.75) is 40.5 Å². The predicted molar refractivity (Wildman–Crippen MR) is 91.9 cm³/mol. The standard InChI is InChI=1S/C20H22O4/c1-5-15-13(3)9-7-11-17(15)19(21)23-24-20(22)18-12-8-10-14(4)16(18)6-2/h7-12H,5-6H2,1-4H3. The molecule has 0 aromatic heterocycles. The zero-order valence-electron chi connectivity index (χ0n) is 14.5. The van der Waals surface area contributed by atoms with Crippen molar-refractivity contribution in [2.75, 3.05) is 0 Å². The summed E-state index contributed by atoms with van der Waals surface area (Å²) in [5.74, 6) is -1.32. The molecular weight excluding hydrogens is 304 g/mol. The molecule has 0 saturated carbocycles. The van der Waals surface area contributed by atoms with Crippen LogP contribution in [0.25, 0.3) is 0 Å². The second-order valence-electron chi connectivity index (χ2n) is 5.65. The van der Waals surface area contributed by atoms with Crippen molar-refractivity contribution in [3.63, 3.8) is 0 Å². The molecule has 0 saturated heterocycles. The monoisotopic (exact) mass is 326 g/mol. The topological polar surface area (TPSA) is 52.6 Å². The Kier molecular flexibility index (Phi) is 5.74. The third-order valence-electron chi connectivity index (χ3n) is 4.16. The Morgan fingerprint density at radius 1 is 0.750 bits per heavy atom. The van der Waals surface area contributed by atoms with Crippen molar-refractivity contribution in [3.05, 3.63) is 69.8 Å².